The fourth-order valence-electron chi connectivity index (χ4n) is 1.56. The monoisotopic (exact) mass is 304 g/mol. The molecular formula is C15H16N2O3S. The fraction of sp³-hybridized carbons (Fsp3) is 0.267. The fourth-order valence-corrected chi connectivity index (χ4v) is 1.93. The van der Waals surface area contributed by atoms with Gasteiger partial charge in [-0.15, -0.1) is 0 Å². The molecule has 1 heterocycles. The van der Waals surface area contributed by atoms with Crippen molar-refractivity contribution in [3.8, 4) is 11.5 Å². The van der Waals surface area contributed by atoms with Gasteiger partial charge in [-0.3, -0.25) is 4.79 Å². The number of hydrogen-bond acceptors (Lipinski definition) is 6. The van der Waals surface area contributed by atoms with Gasteiger partial charge in [0, 0.05) is 12.6 Å². The molecule has 2 aromatic rings. The quantitative estimate of drug-likeness (QED) is 0.354. The van der Waals surface area contributed by atoms with Crippen molar-refractivity contribution in [3.05, 3.63) is 42.2 Å². The predicted molar refractivity (Wildman–Crippen MR) is 80.5 cm³/mol. The van der Waals surface area contributed by atoms with Crippen molar-refractivity contribution in [2.45, 2.75) is 25.1 Å². The van der Waals surface area contributed by atoms with Crippen LogP contribution < -0.4 is 9.47 Å². The number of hydrogen-bond donors (Lipinski definition) is 0. The molecule has 0 atom stereocenters. The maximum Gasteiger partial charge on any atom is 0.311 e. The standard InChI is InChI=1S/C15H16N2O3S/c1-3-14(18)20-13-7-5-4-6-12(13)19-10-11-8-9-16-15(17-11)21-2/h4-9H,3,10H2,1-2H3. The molecule has 0 amide bonds. The Balaban J connectivity index is 2.07. The van der Waals surface area contributed by atoms with E-state index in [9.17, 15) is 4.79 Å². The van der Waals surface area contributed by atoms with E-state index in [2.05, 4.69) is 9.97 Å². The smallest absolute Gasteiger partial charge is 0.311 e. The van der Waals surface area contributed by atoms with Crippen LogP contribution in [0.15, 0.2) is 41.7 Å². The Morgan fingerprint density at radius 2 is 2.00 bits per heavy atom. The minimum Gasteiger partial charge on any atom is -0.483 e. The zero-order chi connectivity index (χ0) is 15.1. The molecule has 0 aliphatic rings. The van der Waals surface area contributed by atoms with Gasteiger partial charge in [0.25, 0.3) is 0 Å². The van der Waals surface area contributed by atoms with E-state index in [1.165, 1.54) is 11.8 Å². The summed E-state index contributed by atoms with van der Waals surface area (Å²) < 4.78 is 10.9. The average molecular weight is 304 g/mol. The third kappa shape index (κ3) is 4.46. The third-order valence-corrected chi connectivity index (χ3v) is 3.17. The molecule has 0 radical (unpaired) electrons. The summed E-state index contributed by atoms with van der Waals surface area (Å²) in [6.07, 6.45) is 3.93. The number of aromatic nitrogens is 2. The van der Waals surface area contributed by atoms with Gasteiger partial charge in [-0.2, -0.15) is 0 Å². The molecule has 0 fully saturated rings. The zero-order valence-electron chi connectivity index (χ0n) is 11.9. The molecule has 110 valence electrons. The number of benzene rings is 1. The Kier molecular flexibility index (Phi) is 5.57. The van der Waals surface area contributed by atoms with Crippen LogP contribution in [0.3, 0.4) is 0 Å². The topological polar surface area (TPSA) is 61.3 Å². The van der Waals surface area contributed by atoms with Crippen LogP contribution in [0, 0.1) is 0 Å². The molecule has 0 bridgehead atoms. The Hall–Kier alpha value is -2.08. The van der Waals surface area contributed by atoms with Gasteiger partial charge in [-0.25, -0.2) is 9.97 Å². The Morgan fingerprint density at radius 1 is 1.24 bits per heavy atom. The Labute approximate surface area is 127 Å². The zero-order valence-corrected chi connectivity index (χ0v) is 12.7. The van der Waals surface area contributed by atoms with Crippen LogP contribution in [0.1, 0.15) is 19.0 Å². The first kappa shape index (κ1) is 15.3. The predicted octanol–water partition coefficient (Wildman–Crippen LogP) is 3.09. The molecule has 0 saturated carbocycles. The van der Waals surface area contributed by atoms with E-state index < -0.39 is 0 Å². The second-order valence-electron chi connectivity index (χ2n) is 4.10. The van der Waals surface area contributed by atoms with E-state index in [0.29, 0.717) is 23.1 Å². The summed E-state index contributed by atoms with van der Waals surface area (Å²) in [7, 11) is 0. The summed E-state index contributed by atoms with van der Waals surface area (Å²) in [6.45, 7) is 2.04. The van der Waals surface area contributed by atoms with E-state index in [0.717, 1.165) is 5.69 Å². The molecule has 0 N–H and O–H groups in total. The van der Waals surface area contributed by atoms with Gasteiger partial charge in [0.15, 0.2) is 16.7 Å². The van der Waals surface area contributed by atoms with Crippen LogP contribution in [0.4, 0.5) is 0 Å². The van der Waals surface area contributed by atoms with Gasteiger partial charge >= 0.3 is 5.97 Å². The van der Waals surface area contributed by atoms with Gasteiger partial charge in [0.05, 0.1) is 5.69 Å². The first-order chi connectivity index (χ1) is 10.2. The summed E-state index contributed by atoms with van der Waals surface area (Å²) >= 11 is 1.47. The van der Waals surface area contributed by atoms with Gasteiger partial charge in [0.2, 0.25) is 0 Å². The van der Waals surface area contributed by atoms with Crippen molar-refractivity contribution < 1.29 is 14.3 Å². The normalized spacial score (nSPS) is 10.2. The van der Waals surface area contributed by atoms with Crippen LogP contribution in [0.5, 0.6) is 11.5 Å². The van der Waals surface area contributed by atoms with Crippen molar-refractivity contribution in [1.82, 2.24) is 9.97 Å². The highest BCUT2D eigenvalue weighted by atomic mass is 32.2. The molecule has 0 aliphatic heterocycles. The van der Waals surface area contributed by atoms with Gasteiger partial charge < -0.3 is 9.47 Å². The highest BCUT2D eigenvalue weighted by Crippen LogP contribution is 2.27. The van der Waals surface area contributed by atoms with Gasteiger partial charge in [0.1, 0.15) is 6.61 Å². The van der Waals surface area contributed by atoms with Crippen molar-refractivity contribution in [1.29, 1.82) is 0 Å². The summed E-state index contributed by atoms with van der Waals surface area (Å²) in [6, 6.07) is 8.87. The molecule has 0 spiro atoms. The molecule has 21 heavy (non-hydrogen) atoms. The SMILES string of the molecule is CCC(=O)Oc1ccccc1OCc1ccnc(SC)n1. The second-order valence-corrected chi connectivity index (χ2v) is 4.87. The highest BCUT2D eigenvalue weighted by molar-refractivity contribution is 7.98. The number of rotatable bonds is 6. The maximum absolute atomic E-state index is 11.4. The molecule has 0 unspecified atom stereocenters. The molecule has 2 rings (SSSR count). The van der Waals surface area contributed by atoms with Crippen LogP contribution >= 0.6 is 11.8 Å². The van der Waals surface area contributed by atoms with E-state index in [-0.39, 0.29) is 12.6 Å². The lowest BCUT2D eigenvalue weighted by molar-refractivity contribution is -0.134. The summed E-state index contributed by atoms with van der Waals surface area (Å²) in [5, 5.41) is 0.696. The molecule has 1 aromatic heterocycles. The highest BCUT2D eigenvalue weighted by Gasteiger charge is 2.09. The summed E-state index contributed by atoms with van der Waals surface area (Å²) in [5.74, 6) is 0.643. The minimum atomic E-state index is -0.294. The van der Waals surface area contributed by atoms with E-state index in [1.807, 2.05) is 12.3 Å². The van der Waals surface area contributed by atoms with E-state index in [1.54, 1.807) is 37.4 Å². The summed E-state index contributed by atoms with van der Waals surface area (Å²) in [5.41, 5.74) is 0.769. The number of nitrogens with zero attached hydrogens (tertiary/aromatic N) is 2. The Morgan fingerprint density at radius 3 is 2.71 bits per heavy atom. The van der Waals surface area contributed by atoms with E-state index >= 15 is 0 Å². The third-order valence-electron chi connectivity index (χ3n) is 2.61. The molecule has 5 nitrogen and oxygen atoms in total. The molecule has 1 aromatic carbocycles. The average Bonchev–Trinajstić information content (AvgIpc) is 2.54. The van der Waals surface area contributed by atoms with Gasteiger partial charge in [-0.05, 0) is 24.5 Å². The first-order valence-electron chi connectivity index (χ1n) is 6.51. The molecule has 0 aliphatic carbocycles. The molecule has 6 heteroatoms. The van der Waals surface area contributed by atoms with Crippen molar-refractivity contribution >= 4 is 17.7 Å². The van der Waals surface area contributed by atoms with Gasteiger partial charge in [-0.1, -0.05) is 30.8 Å². The van der Waals surface area contributed by atoms with E-state index in [4.69, 9.17) is 9.47 Å². The minimum absolute atomic E-state index is 0.288. The summed E-state index contributed by atoms with van der Waals surface area (Å²) in [4.78, 5) is 19.8. The lowest BCUT2D eigenvalue weighted by atomic mass is 10.3. The lowest BCUT2D eigenvalue weighted by Crippen LogP contribution is -2.07. The largest absolute Gasteiger partial charge is 0.483 e. The molecule has 0 saturated heterocycles. The van der Waals surface area contributed by atoms with Crippen LogP contribution in [0.25, 0.3) is 0 Å². The maximum atomic E-state index is 11.4. The van der Waals surface area contributed by atoms with Crippen molar-refractivity contribution in [2.75, 3.05) is 6.26 Å². The number of carbonyl (C=O) groups excluding carboxylic acids is 1. The Bertz CT molecular complexity index is 619. The van der Waals surface area contributed by atoms with Crippen LogP contribution in [-0.4, -0.2) is 22.2 Å². The molecular weight excluding hydrogens is 288 g/mol. The second kappa shape index (κ2) is 7.64. The number of ether oxygens (including phenoxy) is 2. The van der Waals surface area contributed by atoms with Crippen molar-refractivity contribution in [3.63, 3.8) is 0 Å². The lowest BCUT2D eigenvalue weighted by Gasteiger charge is -2.11. The number of esters is 1. The van der Waals surface area contributed by atoms with Crippen LogP contribution in [0.2, 0.25) is 0 Å². The number of para-hydroxylation sites is 2. The first-order valence-corrected chi connectivity index (χ1v) is 7.73. The van der Waals surface area contributed by atoms with Crippen LogP contribution in [-0.2, 0) is 11.4 Å². The van der Waals surface area contributed by atoms with Crippen molar-refractivity contribution in [2.24, 2.45) is 0 Å². The number of thioether (sulfide) groups is 1. The number of carbonyl (C=O) groups is 1.